The van der Waals surface area contributed by atoms with Crippen LogP contribution in [0.15, 0.2) is 18.2 Å². The smallest absolute Gasteiger partial charge is 0.242 e. The lowest BCUT2D eigenvalue weighted by Gasteiger charge is -2.35. The van der Waals surface area contributed by atoms with Crippen LogP contribution in [0.4, 0.5) is 8.78 Å². The molecule has 1 atom stereocenters. The first-order valence-electron chi connectivity index (χ1n) is 9.52. The highest BCUT2D eigenvalue weighted by Crippen LogP contribution is 2.23. The van der Waals surface area contributed by atoms with E-state index in [2.05, 4.69) is 0 Å². The molecule has 2 amide bonds. The molecule has 1 aromatic rings. The minimum atomic E-state index is -0.562. The number of piperidine rings is 2. The van der Waals surface area contributed by atoms with E-state index < -0.39 is 11.6 Å². The van der Waals surface area contributed by atoms with Crippen LogP contribution in [0.2, 0.25) is 0 Å². The van der Waals surface area contributed by atoms with Crippen molar-refractivity contribution in [1.29, 1.82) is 0 Å². The van der Waals surface area contributed by atoms with E-state index >= 15 is 0 Å². The summed E-state index contributed by atoms with van der Waals surface area (Å²) in [5.74, 6) is -0.664. The first kappa shape index (κ1) is 18.8. The van der Waals surface area contributed by atoms with Gasteiger partial charge >= 0.3 is 0 Å². The van der Waals surface area contributed by atoms with Crippen LogP contribution in [0.5, 0.6) is 0 Å². The zero-order valence-electron chi connectivity index (χ0n) is 15.1. The monoisotopic (exact) mass is 364 g/mol. The number of benzene rings is 1. The number of aryl methyl sites for hydroxylation is 1. The fraction of sp³-hybridized carbons (Fsp3) is 0.600. The molecule has 0 N–H and O–H groups in total. The van der Waals surface area contributed by atoms with Gasteiger partial charge in [-0.3, -0.25) is 9.59 Å². The van der Waals surface area contributed by atoms with Crippen LogP contribution in [0.1, 0.15) is 44.1 Å². The van der Waals surface area contributed by atoms with Gasteiger partial charge in [0.25, 0.3) is 0 Å². The number of carbonyl (C=O) groups excluding carboxylic acids is 2. The van der Waals surface area contributed by atoms with Crippen LogP contribution in [-0.2, 0) is 16.0 Å². The lowest BCUT2D eigenvalue weighted by Crippen LogP contribution is -2.47. The van der Waals surface area contributed by atoms with Gasteiger partial charge in [0.05, 0.1) is 6.54 Å². The number of carbonyl (C=O) groups is 2. The molecule has 1 aromatic carbocycles. The third kappa shape index (κ3) is 4.80. The number of likely N-dealkylation sites (tertiary alicyclic amines) is 2. The molecular weight excluding hydrogens is 338 g/mol. The Bertz CT molecular complexity index is 665. The molecular formula is C20H26F2N2O2. The van der Waals surface area contributed by atoms with Crippen LogP contribution in [-0.4, -0.2) is 47.8 Å². The molecule has 26 heavy (non-hydrogen) atoms. The summed E-state index contributed by atoms with van der Waals surface area (Å²) in [4.78, 5) is 28.0. The fourth-order valence-corrected chi connectivity index (χ4v) is 3.90. The topological polar surface area (TPSA) is 40.6 Å². The van der Waals surface area contributed by atoms with Crippen molar-refractivity contribution >= 4 is 11.8 Å². The molecule has 0 radical (unpaired) electrons. The summed E-state index contributed by atoms with van der Waals surface area (Å²) in [5, 5.41) is 0. The summed E-state index contributed by atoms with van der Waals surface area (Å²) < 4.78 is 26.8. The zero-order valence-corrected chi connectivity index (χ0v) is 15.1. The van der Waals surface area contributed by atoms with Gasteiger partial charge in [0.2, 0.25) is 11.8 Å². The quantitative estimate of drug-likeness (QED) is 0.805. The van der Waals surface area contributed by atoms with Crippen molar-refractivity contribution in [3.05, 3.63) is 35.4 Å². The maximum absolute atomic E-state index is 13.8. The van der Waals surface area contributed by atoms with Crippen molar-refractivity contribution < 1.29 is 18.4 Å². The van der Waals surface area contributed by atoms with E-state index in [0.717, 1.165) is 44.7 Å². The number of hydrogen-bond donors (Lipinski definition) is 0. The lowest BCUT2D eigenvalue weighted by atomic mass is 9.91. The number of hydrogen-bond acceptors (Lipinski definition) is 2. The van der Waals surface area contributed by atoms with Crippen molar-refractivity contribution in [1.82, 2.24) is 9.80 Å². The molecule has 0 aromatic heterocycles. The average molecular weight is 364 g/mol. The average Bonchev–Trinajstić information content (AvgIpc) is 2.63. The van der Waals surface area contributed by atoms with Gasteiger partial charge in [-0.25, -0.2) is 8.78 Å². The third-order valence-corrected chi connectivity index (χ3v) is 5.46. The summed E-state index contributed by atoms with van der Waals surface area (Å²) in [6.45, 7) is 2.23. The largest absolute Gasteiger partial charge is 0.341 e. The van der Waals surface area contributed by atoms with E-state index in [-0.39, 0.29) is 18.4 Å². The van der Waals surface area contributed by atoms with Gasteiger partial charge in [0.15, 0.2) is 0 Å². The second kappa shape index (κ2) is 8.60. The highest BCUT2D eigenvalue weighted by molar-refractivity contribution is 5.85. The summed E-state index contributed by atoms with van der Waals surface area (Å²) in [7, 11) is 0. The summed E-state index contributed by atoms with van der Waals surface area (Å²) >= 11 is 0. The van der Waals surface area contributed by atoms with E-state index in [1.54, 1.807) is 4.90 Å². The lowest BCUT2D eigenvalue weighted by molar-refractivity contribution is -0.142. The molecule has 142 valence electrons. The minimum Gasteiger partial charge on any atom is -0.341 e. The fourth-order valence-electron chi connectivity index (χ4n) is 3.90. The van der Waals surface area contributed by atoms with Crippen LogP contribution in [0.3, 0.4) is 0 Å². The first-order chi connectivity index (χ1) is 12.5. The Kier molecular flexibility index (Phi) is 6.22. The maximum atomic E-state index is 13.8. The van der Waals surface area contributed by atoms with E-state index in [0.29, 0.717) is 37.4 Å². The summed E-state index contributed by atoms with van der Waals surface area (Å²) in [5.41, 5.74) is 0.522. The van der Waals surface area contributed by atoms with Gasteiger partial charge in [0, 0.05) is 32.1 Å². The van der Waals surface area contributed by atoms with E-state index in [1.165, 1.54) is 12.1 Å². The Morgan fingerprint density at radius 1 is 1.15 bits per heavy atom. The molecule has 6 heteroatoms. The number of amides is 2. The van der Waals surface area contributed by atoms with E-state index in [4.69, 9.17) is 0 Å². The van der Waals surface area contributed by atoms with Crippen molar-refractivity contribution in [2.24, 2.45) is 5.92 Å². The van der Waals surface area contributed by atoms with Crippen LogP contribution in [0.25, 0.3) is 0 Å². The van der Waals surface area contributed by atoms with Crippen LogP contribution < -0.4 is 0 Å². The molecule has 0 aliphatic carbocycles. The normalized spacial score (nSPS) is 21.2. The zero-order chi connectivity index (χ0) is 18.5. The molecule has 0 unspecified atom stereocenters. The Balaban J connectivity index is 1.50. The van der Waals surface area contributed by atoms with E-state index in [9.17, 15) is 18.4 Å². The Morgan fingerprint density at radius 3 is 2.77 bits per heavy atom. The van der Waals surface area contributed by atoms with Crippen molar-refractivity contribution in [3.63, 3.8) is 0 Å². The van der Waals surface area contributed by atoms with Gasteiger partial charge in [-0.1, -0.05) is 6.07 Å². The molecule has 4 nitrogen and oxygen atoms in total. The molecule has 2 fully saturated rings. The van der Waals surface area contributed by atoms with Crippen molar-refractivity contribution in [2.75, 3.05) is 26.2 Å². The Hall–Kier alpha value is -1.98. The van der Waals surface area contributed by atoms with E-state index in [1.807, 2.05) is 4.90 Å². The van der Waals surface area contributed by atoms with Gasteiger partial charge in [-0.15, -0.1) is 0 Å². The predicted molar refractivity (Wildman–Crippen MR) is 94.4 cm³/mol. The molecule has 0 bridgehead atoms. The molecule has 2 heterocycles. The number of nitrogens with zero attached hydrogens (tertiary/aromatic N) is 2. The van der Waals surface area contributed by atoms with Crippen molar-refractivity contribution in [3.8, 4) is 0 Å². The van der Waals surface area contributed by atoms with Gasteiger partial charge in [-0.05, 0) is 56.1 Å². The molecule has 3 rings (SSSR count). The maximum Gasteiger partial charge on any atom is 0.242 e. The standard InChI is InChI=1S/C20H26F2N2O2/c21-17-9-8-16(18(22)12-17)7-6-15-4-3-11-23(13-15)20(26)14-24-10-2-1-5-19(24)25/h8-9,12,15H,1-7,10-11,13-14H2/t15-/m1/s1. The molecule has 0 saturated carbocycles. The highest BCUT2D eigenvalue weighted by Gasteiger charge is 2.27. The molecule has 0 spiro atoms. The predicted octanol–water partition coefficient (Wildman–Crippen LogP) is 3.15. The van der Waals surface area contributed by atoms with Gasteiger partial charge < -0.3 is 9.80 Å². The van der Waals surface area contributed by atoms with Crippen LogP contribution >= 0.6 is 0 Å². The Labute approximate surface area is 153 Å². The number of halogens is 2. The van der Waals surface area contributed by atoms with Gasteiger partial charge in [0.1, 0.15) is 11.6 Å². The SMILES string of the molecule is O=C1CCCCN1CC(=O)N1CCC[C@H](CCc2ccc(F)cc2F)C1. The molecule has 2 saturated heterocycles. The highest BCUT2D eigenvalue weighted by atomic mass is 19.1. The molecule has 2 aliphatic heterocycles. The van der Waals surface area contributed by atoms with Crippen LogP contribution in [0, 0.1) is 17.6 Å². The molecule has 2 aliphatic rings. The third-order valence-electron chi connectivity index (χ3n) is 5.46. The van der Waals surface area contributed by atoms with Gasteiger partial charge in [-0.2, -0.15) is 0 Å². The first-order valence-corrected chi connectivity index (χ1v) is 9.52. The second-order valence-corrected chi connectivity index (χ2v) is 7.39. The number of rotatable bonds is 5. The Morgan fingerprint density at radius 2 is 2.00 bits per heavy atom. The van der Waals surface area contributed by atoms with Crippen molar-refractivity contribution in [2.45, 2.75) is 44.9 Å². The summed E-state index contributed by atoms with van der Waals surface area (Å²) in [6.07, 6.45) is 5.67. The second-order valence-electron chi connectivity index (χ2n) is 7.39. The minimum absolute atomic E-state index is 0.0120. The summed E-state index contributed by atoms with van der Waals surface area (Å²) in [6, 6.07) is 3.70.